The van der Waals surface area contributed by atoms with E-state index in [2.05, 4.69) is 9.71 Å². The lowest BCUT2D eigenvalue weighted by Crippen LogP contribution is -2.17. The van der Waals surface area contributed by atoms with Crippen LogP contribution in [0.3, 0.4) is 0 Å². The minimum Gasteiger partial charge on any atom is -0.497 e. The molecule has 0 aliphatic heterocycles. The third-order valence-corrected chi connectivity index (χ3v) is 6.34. The Morgan fingerprint density at radius 1 is 1.03 bits per heavy atom. The van der Waals surface area contributed by atoms with Gasteiger partial charge in [-0.25, -0.2) is 18.2 Å². The van der Waals surface area contributed by atoms with Crippen molar-refractivity contribution in [3.63, 3.8) is 0 Å². The van der Waals surface area contributed by atoms with Crippen molar-refractivity contribution in [1.29, 1.82) is 0 Å². The second-order valence-electron chi connectivity index (χ2n) is 7.07. The predicted octanol–water partition coefficient (Wildman–Crippen LogP) is 4.60. The first-order chi connectivity index (χ1) is 16.3. The van der Waals surface area contributed by atoms with Crippen LogP contribution in [0.2, 0.25) is 0 Å². The maximum Gasteiger partial charge on any atom is 0.340 e. The number of ether oxygens (including phenoxy) is 2. The van der Waals surface area contributed by atoms with Crippen molar-refractivity contribution >= 4 is 32.7 Å². The fraction of sp³-hybridized carbons (Fsp3) is 0.130. The van der Waals surface area contributed by atoms with E-state index in [1.165, 1.54) is 55.6 Å². The van der Waals surface area contributed by atoms with Crippen LogP contribution in [0.15, 0.2) is 77.7 Å². The molecule has 11 heteroatoms. The first kappa shape index (κ1) is 23.2. The number of hydrogen-bond acceptors (Lipinski definition) is 6. The number of aromatic nitrogens is 2. The van der Waals surface area contributed by atoms with E-state index < -0.39 is 29.1 Å². The number of fused-ring (bicyclic) bond motifs is 1. The third kappa shape index (κ3) is 4.69. The Labute approximate surface area is 193 Å². The standard InChI is InChI=1S/C23H19F2N3O5S/c1-32-15-10-12-16(13-11-15)34(30,31)27-18-7-3-2-6-17(18)22(29)33-14-21-26-19-8-4-5-9-20(19)28(21)23(24)25/h2-13,23,27H,14H2,1H3. The number of sulfonamides is 1. The maximum atomic E-state index is 13.6. The average Bonchev–Trinajstić information content (AvgIpc) is 3.21. The highest BCUT2D eigenvalue weighted by Crippen LogP contribution is 2.25. The van der Waals surface area contributed by atoms with Crippen LogP contribution < -0.4 is 9.46 Å². The van der Waals surface area contributed by atoms with Crippen LogP contribution in [0.5, 0.6) is 5.75 Å². The van der Waals surface area contributed by atoms with Crippen molar-refractivity contribution in [3.05, 3.63) is 84.2 Å². The lowest BCUT2D eigenvalue weighted by atomic mass is 10.2. The molecule has 0 fully saturated rings. The Kier molecular flexibility index (Phi) is 6.46. The molecule has 1 heterocycles. The minimum atomic E-state index is -4.03. The lowest BCUT2D eigenvalue weighted by Gasteiger charge is -2.13. The Bertz CT molecular complexity index is 1440. The molecule has 3 aromatic carbocycles. The number of carbonyl (C=O) groups is 1. The number of carbonyl (C=O) groups excluding carboxylic acids is 1. The van der Waals surface area contributed by atoms with Gasteiger partial charge < -0.3 is 9.47 Å². The summed E-state index contributed by atoms with van der Waals surface area (Å²) in [6, 6.07) is 17.8. The van der Waals surface area contributed by atoms with Crippen LogP contribution >= 0.6 is 0 Å². The molecule has 8 nitrogen and oxygen atoms in total. The summed E-state index contributed by atoms with van der Waals surface area (Å²) in [6.07, 6.45) is 0. The van der Waals surface area contributed by atoms with Crippen LogP contribution in [0, 0.1) is 0 Å². The van der Waals surface area contributed by atoms with Gasteiger partial charge in [0.1, 0.15) is 12.4 Å². The van der Waals surface area contributed by atoms with Crippen molar-refractivity contribution in [1.82, 2.24) is 9.55 Å². The van der Waals surface area contributed by atoms with Crippen LogP contribution in [-0.4, -0.2) is 31.0 Å². The minimum absolute atomic E-state index is 0.0225. The molecule has 0 spiro atoms. The van der Waals surface area contributed by atoms with E-state index in [9.17, 15) is 22.0 Å². The summed E-state index contributed by atoms with van der Waals surface area (Å²) >= 11 is 0. The topological polar surface area (TPSA) is 99.5 Å². The summed E-state index contributed by atoms with van der Waals surface area (Å²) < 4.78 is 66.0. The summed E-state index contributed by atoms with van der Waals surface area (Å²) in [6.45, 7) is -3.41. The molecule has 0 aliphatic carbocycles. The molecule has 4 aromatic rings. The predicted molar refractivity (Wildman–Crippen MR) is 120 cm³/mol. The summed E-state index contributed by atoms with van der Waals surface area (Å²) in [5.74, 6) is -0.556. The highest BCUT2D eigenvalue weighted by Gasteiger charge is 2.22. The van der Waals surface area contributed by atoms with Crippen molar-refractivity contribution in [2.45, 2.75) is 18.1 Å². The molecule has 0 radical (unpaired) electrons. The molecule has 176 valence electrons. The van der Waals surface area contributed by atoms with Gasteiger partial charge in [-0.05, 0) is 48.5 Å². The monoisotopic (exact) mass is 487 g/mol. The molecular formula is C23H19F2N3O5S. The highest BCUT2D eigenvalue weighted by atomic mass is 32.2. The number of hydrogen-bond donors (Lipinski definition) is 1. The Balaban J connectivity index is 1.55. The number of rotatable bonds is 8. The fourth-order valence-corrected chi connectivity index (χ4v) is 4.41. The number of esters is 1. The van der Waals surface area contributed by atoms with Gasteiger partial charge >= 0.3 is 12.5 Å². The van der Waals surface area contributed by atoms with Crippen LogP contribution in [0.4, 0.5) is 14.5 Å². The number of imidazole rings is 1. The Morgan fingerprint density at radius 3 is 2.41 bits per heavy atom. The molecule has 4 rings (SSSR count). The van der Waals surface area contributed by atoms with Crippen LogP contribution in [0.1, 0.15) is 22.7 Å². The maximum absolute atomic E-state index is 13.6. The van der Waals surface area contributed by atoms with E-state index in [-0.39, 0.29) is 27.5 Å². The van der Waals surface area contributed by atoms with Gasteiger partial charge in [-0.2, -0.15) is 8.78 Å². The third-order valence-electron chi connectivity index (χ3n) is 4.96. The van der Waals surface area contributed by atoms with Crippen molar-refractivity contribution in [3.8, 4) is 5.75 Å². The number of nitrogens with zero attached hydrogens (tertiary/aromatic N) is 2. The number of methoxy groups -OCH3 is 1. The molecule has 0 saturated heterocycles. The molecule has 0 aliphatic rings. The van der Waals surface area contributed by atoms with Gasteiger partial charge in [-0.3, -0.25) is 9.29 Å². The number of para-hydroxylation sites is 3. The largest absolute Gasteiger partial charge is 0.497 e. The van der Waals surface area contributed by atoms with Gasteiger partial charge in [0, 0.05) is 0 Å². The molecule has 0 unspecified atom stereocenters. The number of alkyl halides is 2. The highest BCUT2D eigenvalue weighted by molar-refractivity contribution is 7.92. The summed E-state index contributed by atoms with van der Waals surface area (Å²) in [5.41, 5.74) is 0.433. The quantitative estimate of drug-likeness (QED) is 0.365. The zero-order valence-corrected chi connectivity index (χ0v) is 18.6. The molecule has 1 aromatic heterocycles. The normalized spacial score (nSPS) is 11.5. The molecule has 0 bridgehead atoms. The van der Waals surface area contributed by atoms with Gasteiger partial charge in [-0.15, -0.1) is 0 Å². The van der Waals surface area contributed by atoms with E-state index in [1.807, 2.05) is 0 Å². The zero-order chi connectivity index (χ0) is 24.3. The van der Waals surface area contributed by atoms with Gasteiger partial charge in [0.05, 0.1) is 34.3 Å². The number of nitrogens with one attached hydrogen (secondary N) is 1. The molecule has 0 atom stereocenters. The molecule has 0 amide bonds. The molecule has 0 saturated carbocycles. The average molecular weight is 487 g/mol. The van der Waals surface area contributed by atoms with Crippen LogP contribution in [-0.2, 0) is 21.4 Å². The summed E-state index contributed by atoms with van der Waals surface area (Å²) in [4.78, 5) is 16.8. The van der Waals surface area contributed by atoms with E-state index in [4.69, 9.17) is 9.47 Å². The molecule has 1 N–H and O–H groups in total. The summed E-state index contributed by atoms with van der Waals surface area (Å²) in [5, 5.41) is 0. The van der Waals surface area contributed by atoms with E-state index in [1.54, 1.807) is 24.3 Å². The number of halogens is 2. The fourth-order valence-electron chi connectivity index (χ4n) is 3.33. The van der Waals surface area contributed by atoms with E-state index in [0.717, 1.165) is 0 Å². The number of anilines is 1. The molecule has 34 heavy (non-hydrogen) atoms. The molecular weight excluding hydrogens is 468 g/mol. The second-order valence-corrected chi connectivity index (χ2v) is 8.75. The Morgan fingerprint density at radius 2 is 1.71 bits per heavy atom. The van der Waals surface area contributed by atoms with Gasteiger partial charge in [0.2, 0.25) is 0 Å². The van der Waals surface area contributed by atoms with Gasteiger partial charge in [0.15, 0.2) is 5.82 Å². The van der Waals surface area contributed by atoms with E-state index in [0.29, 0.717) is 15.8 Å². The van der Waals surface area contributed by atoms with Crippen LogP contribution in [0.25, 0.3) is 11.0 Å². The smallest absolute Gasteiger partial charge is 0.340 e. The van der Waals surface area contributed by atoms with Crippen molar-refractivity contribution in [2.24, 2.45) is 0 Å². The second kappa shape index (κ2) is 9.48. The van der Waals surface area contributed by atoms with Gasteiger partial charge in [-0.1, -0.05) is 24.3 Å². The van der Waals surface area contributed by atoms with Crippen molar-refractivity contribution < 1.29 is 31.5 Å². The SMILES string of the molecule is COc1ccc(S(=O)(=O)Nc2ccccc2C(=O)OCc2nc3ccccc3n2C(F)F)cc1. The Hall–Kier alpha value is -3.99. The first-order valence-corrected chi connectivity index (χ1v) is 11.5. The van der Waals surface area contributed by atoms with E-state index >= 15 is 0 Å². The summed E-state index contributed by atoms with van der Waals surface area (Å²) in [7, 11) is -2.57. The zero-order valence-electron chi connectivity index (χ0n) is 17.8. The first-order valence-electron chi connectivity index (χ1n) is 9.97. The number of benzene rings is 3. The van der Waals surface area contributed by atoms with Gasteiger partial charge in [0.25, 0.3) is 10.0 Å². The van der Waals surface area contributed by atoms with Crippen molar-refractivity contribution in [2.75, 3.05) is 11.8 Å². The lowest BCUT2D eigenvalue weighted by molar-refractivity contribution is 0.0388.